The van der Waals surface area contributed by atoms with E-state index in [0.717, 1.165) is 11.1 Å². The molecule has 0 bridgehead atoms. The summed E-state index contributed by atoms with van der Waals surface area (Å²) in [5.41, 5.74) is 6.24. The van der Waals surface area contributed by atoms with E-state index >= 15 is 0 Å². The van der Waals surface area contributed by atoms with Crippen LogP contribution in [0.4, 0.5) is 0 Å². The highest BCUT2D eigenvalue weighted by molar-refractivity contribution is 5.95. The van der Waals surface area contributed by atoms with Gasteiger partial charge >= 0.3 is 5.97 Å². The fourth-order valence-electron chi connectivity index (χ4n) is 1.53. The lowest BCUT2D eigenvalue weighted by molar-refractivity contribution is -0.144. The molecule has 0 atom stereocenters. The van der Waals surface area contributed by atoms with Crippen LogP contribution in [0.5, 0.6) is 5.75 Å². The number of amides is 2. The highest BCUT2D eigenvalue weighted by Crippen LogP contribution is 2.18. The molecule has 1 rings (SSSR count). The molecule has 114 valence electrons. The van der Waals surface area contributed by atoms with Gasteiger partial charge in [-0.1, -0.05) is 17.7 Å². The van der Waals surface area contributed by atoms with Crippen molar-refractivity contribution in [1.82, 2.24) is 10.9 Å². The Kier molecular flexibility index (Phi) is 6.19. The van der Waals surface area contributed by atoms with Crippen molar-refractivity contribution >= 4 is 17.8 Å². The van der Waals surface area contributed by atoms with E-state index in [1.54, 1.807) is 6.07 Å². The molecule has 21 heavy (non-hydrogen) atoms. The maximum atomic E-state index is 11.5. The number of carbonyl (C=O) groups excluding carboxylic acids is 3. The molecular formula is C14H18N2O5. The summed E-state index contributed by atoms with van der Waals surface area (Å²) >= 11 is 0. The van der Waals surface area contributed by atoms with Gasteiger partial charge in [-0.2, -0.15) is 0 Å². The van der Waals surface area contributed by atoms with Gasteiger partial charge in [0.15, 0.2) is 6.61 Å². The van der Waals surface area contributed by atoms with E-state index in [1.165, 1.54) is 7.11 Å². The number of carbonyl (C=O) groups is 3. The fraction of sp³-hybridized carbons (Fsp3) is 0.357. The monoisotopic (exact) mass is 294 g/mol. The molecule has 0 fully saturated rings. The predicted octanol–water partition coefficient (Wildman–Crippen LogP) is 0.393. The quantitative estimate of drug-likeness (QED) is 0.465. The van der Waals surface area contributed by atoms with Gasteiger partial charge in [0.2, 0.25) is 5.91 Å². The van der Waals surface area contributed by atoms with Gasteiger partial charge in [-0.3, -0.25) is 25.2 Å². The van der Waals surface area contributed by atoms with E-state index in [-0.39, 0.29) is 6.61 Å². The minimum Gasteiger partial charge on any atom is -0.483 e. The minimum atomic E-state index is -0.687. The Morgan fingerprint density at radius 3 is 2.38 bits per heavy atom. The SMILES string of the molecule is COC(=O)CC(=O)NNC(=O)COc1ccc(C)cc1C. The topological polar surface area (TPSA) is 93.7 Å². The van der Waals surface area contributed by atoms with Crippen LogP contribution in [0.1, 0.15) is 17.5 Å². The van der Waals surface area contributed by atoms with Crippen molar-refractivity contribution in [3.63, 3.8) is 0 Å². The molecule has 0 radical (unpaired) electrons. The van der Waals surface area contributed by atoms with Gasteiger partial charge < -0.3 is 9.47 Å². The lowest BCUT2D eigenvalue weighted by Gasteiger charge is -2.10. The smallest absolute Gasteiger partial charge is 0.315 e. The summed E-state index contributed by atoms with van der Waals surface area (Å²) < 4.78 is 9.65. The first kappa shape index (κ1) is 16.5. The van der Waals surface area contributed by atoms with Crippen molar-refractivity contribution in [3.05, 3.63) is 29.3 Å². The number of nitrogens with one attached hydrogen (secondary N) is 2. The molecule has 2 N–H and O–H groups in total. The third kappa shape index (κ3) is 5.94. The summed E-state index contributed by atoms with van der Waals surface area (Å²) in [5, 5.41) is 0. The van der Waals surface area contributed by atoms with Gasteiger partial charge in [-0.25, -0.2) is 0 Å². The number of esters is 1. The molecule has 0 spiro atoms. The van der Waals surface area contributed by atoms with Crippen LogP contribution < -0.4 is 15.6 Å². The molecule has 0 aromatic heterocycles. The largest absolute Gasteiger partial charge is 0.483 e. The molecule has 7 heteroatoms. The lowest BCUT2D eigenvalue weighted by atomic mass is 10.1. The molecule has 7 nitrogen and oxygen atoms in total. The predicted molar refractivity (Wildman–Crippen MR) is 74.3 cm³/mol. The molecule has 1 aromatic carbocycles. The normalized spacial score (nSPS) is 9.67. The highest BCUT2D eigenvalue weighted by Gasteiger charge is 2.10. The summed E-state index contributed by atoms with van der Waals surface area (Å²) in [6.45, 7) is 3.58. The standard InChI is InChI=1S/C14H18N2O5/c1-9-4-5-11(10(2)6-9)21-8-13(18)16-15-12(17)7-14(19)20-3/h4-6H,7-8H2,1-3H3,(H,15,17)(H,16,18). The van der Waals surface area contributed by atoms with Gasteiger partial charge in [0, 0.05) is 0 Å². The van der Waals surface area contributed by atoms with E-state index in [0.29, 0.717) is 5.75 Å². The number of rotatable bonds is 5. The Balaban J connectivity index is 2.34. The number of aryl methyl sites for hydroxylation is 2. The maximum Gasteiger partial charge on any atom is 0.315 e. The van der Waals surface area contributed by atoms with Crippen LogP contribution in [-0.4, -0.2) is 31.5 Å². The van der Waals surface area contributed by atoms with E-state index in [2.05, 4.69) is 15.6 Å². The number of hydrazine groups is 1. The average molecular weight is 294 g/mol. The molecule has 0 unspecified atom stereocenters. The van der Waals surface area contributed by atoms with Crippen LogP contribution in [0.3, 0.4) is 0 Å². The molecular weight excluding hydrogens is 276 g/mol. The van der Waals surface area contributed by atoms with Crippen molar-refractivity contribution < 1.29 is 23.9 Å². The first-order valence-corrected chi connectivity index (χ1v) is 6.27. The van der Waals surface area contributed by atoms with Gasteiger partial charge in [0.1, 0.15) is 12.2 Å². The summed E-state index contributed by atoms with van der Waals surface area (Å²) in [6, 6.07) is 5.58. The molecule has 0 heterocycles. The van der Waals surface area contributed by atoms with Crippen molar-refractivity contribution in [2.45, 2.75) is 20.3 Å². The van der Waals surface area contributed by atoms with Crippen LogP contribution in [-0.2, 0) is 19.1 Å². The lowest BCUT2D eigenvalue weighted by Crippen LogP contribution is -2.44. The second-order valence-electron chi connectivity index (χ2n) is 4.41. The Labute approximate surface area is 122 Å². The summed E-state index contributed by atoms with van der Waals surface area (Å²) in [4.78, 5) is 33.5. The van der Waals surface area contributed by atoms with E-state index in [9.17, 15) is 14.4 Å². The van der Waals surface area contributed by atoms with E-state index < -0.39 is 24.2 Å². The summed E-state index contributed by atoms with van der Waals surface area (Å²) in [6.07, 6.45) is -0.464. The third-order valence-electron chi connectivity index (χ3n) is 2.56. The Bertz CT molecular complexity index is 542. The van der Waals surface area contributed by atoms with Gasteiger partial charge in [0.05, 0.1) is 7.11 Å². The molecule has 2 amide bonds. The average Bonchev–Trinajstić information content (AvgIpc) is 2.44. The Morgan fingerprint density at radius 2 is 1.76 bits per heavy atom. The molecule has 0 aliphatic carbocycles. The second kappa shape index (κ2) is 7.88. The van der Waals surface area contributed by atoms with Crippen molar-refractivity contribution in [2.24, 2.45) is 0 Å². The zero-order chi connectivity index (χ0) is 15.8. The highest BCUT2D eigenvalue weighted by atomic mass is 16.5. The molecule has 1 aromatic rings. The van der Waals surface area contributed by atoms with Crippen LogP contribution >= 0.6 is 0 Å². The van der Waals surface area contributed by atoms with Gasteiger partial charge in [0.25, 0.3) is 5.91 Å². The van der Waals surface area contributed by atoms with Crippen LogP contribution in [0.15, 0.2) is 18.2 Å². The Hall–Kier alpha value is -2.57. The molecule has 0 saturated carbocycles. The first-order chi connectivity index (χ1) is 9.92. The third-order valence-corrected chi connectivity index (χ3v) is 2.56. The number of hydrogen-bond donors (Lipinski definition) is 2. The minimum absolute atomic E-state index is 0.248. The van der Waals surface area contributed by atoms with Crippen LogP contribution in [0.25, 0.3) is 0 Å². The molecule has 0 aliphatic heterocycles. The number of methoxy groups -OCH3 is 1. The number of ether oxygens (including phenoxy) is 2. The first-order valence-electron chi connectivity index (χ1n) is 6.27. The van der Waals surface area contributed by atoms with Crippen molar-refractivity contribution in [2.75, 3.05) is 13.7 Å². The summed E-state index contributed by atoms with van der Waals surface area (Å²) in [7, 11) is 1.17. The van der Waals surface area contributed by atoms with E-state index in [4.69, 9.17) is 4.74 Å². The second-order valence-corrected chi connectivity index (χ2v) is 4.41. The molecule has 0 saturated heterocycles. The van der Waals surface area contributed by atoms with Crippen molar-refractivity contribution in [3.8, 4) is 5.75 Å². The molecule has 0 aliphatic rings. The van der Waals surface area contributed by atoms with Crippen molar-refractivity contribution in [1.29, 1.82) is 0 Å². The van der Waals surface area contributed by atoms with E-state index in [1.807, 2.05) is 26.0 Å². The van der Waals surface area contributed by atoms with Gasteiger partial charge in [-0.05, 0) is 25.5 Å². The zero-order valence-electron chi connectivity index (χ0n) is 12.2. The van der Waals surface area contributed by atoms with Crippen LogP contribution in [0, 0.1) is 13.8 Å². The zero-order valence-corrected chi connectivity index (χ0v) is 12.2. The van der Waals surface area contributed by atoms with Gasteiger partial charge in [-0.15, -0.1) is 0 Å². The maximum absolute atomic E-state index is 11.5. The number of benzene rings is 1. The number of hydrogen-bond acceptors (Lipinski definition) is 5. The fourth-order valence-corrected chi connectivity index (χ4v) is 1.53. The van der Waals surface area contributed by atoms with Crippen LogP contribution in [0.2, 0.25) is 0 Å². The summed E-state index contributed by atoms with van der Waals surface area (Å²) in [5.74, 6) is -1.29. The Morgan fingerprint density at radius 1 is 1.10 bits per heavy atom.